The Bertz CT molecular complexity index is 3000. The molecule has 1 heteroatoms. The van der Waals surface area contributed by atoms with Crippen LogP contribution >= 0.6 is 0 Å². The predicted molar refractivity (Wildman–Crippen MR) is 257 cm³/mol. The quantitative estimate of drug-likeness (QED) is 0.156. The van der Waals surface area contributed by atoms with E-state index >= 15 is 0 Å². The molecule has 0 bridgehead atoms. The molecule has 1 nitrogen and oxygen atoms in total. The average Bonchev–Trinajstić information content (AvgIpc) is 3.52. The zero-order valence-corrected chi connectivity index (χ0v) is 35.1. The van der Waals surface area contributed by atoms with Crippen molar-refractivity contribution in [1.82, 2.24) is 0 Å². The number of rotatable bonds is 7. The van der Waals surface area contributed by atoms with E-state index in [2.05, 4.69) is 246 Å². The van der Waals surface area contributed by atoms with Crippen LogP contribution in [0.15, 0.2) is 206 Å². The number of hydrogen-bond acceptors (Lipinski definition) is 1. The maximum atomic E-state index is 2.52. The van der Waals surface area contributed by atoms with Crippen molar-refractivity contribution in [3.8, 4) is 55.6 Å². The Balaban J connectivity index is 1.24. The molecule has 0 amide bonds. The van der Waals surface area contributed by atoms with Gasteiger partial charge in [-0.2, -0.15) is 0 Å². The molecule has 290 valence electrons. The van der Waals surface area contributed by atoms with Gasteiger partial charge >= 0.3 is 0 Å². The summed E-state index contributed by atoms with van der Waals surface area (Å²) in [6, 6.07) is 76.4. The van der Waals surface area contributed by atoms with Gasteiger partial charge in [0.15, 0.2) is 0 Å². The molecule has 0 aliphatic heterocycles. The molecule has 0 unspecified atom stereocenters. The highest BCUT2D eigenvalue weighted by atomic mass is 15.1. The van der Waals surface area contributed by atoms with Crippen LogP contribution in [0, 0.1) is 0 Å². The van der Waals surface area contributed by atoms with Gasteiger partial charge in [-0.05, 0) is 108 Å². The maximum absolute atomic E-state index is 2.52. The lowest BCUT2D eigenvalue weighted by Gasteiger charge is -2.32. The predicted octanol–water partition coefficient (Wildman–Crippen LogP) is 16.6. The first kappa shape index (κ1) is 37.3. The van der Waals surface area contributed by atoms with Crippen molar-refractivity contribution in [3.05, 3.63) is 223 Å². The third-order valence-corrected chi connectivity index (χ3v) is 12.7. The molecule has 60 heavy (non-hydrogen) atoms. The summed E-state index contributed by atoms with van der Waals surface area (Å²) in [7, 11) is 0. The van der Waals surface area contributed by atoms with Gasteiger partial charge in [-0.25, -0.2) is 0 Å². The minimum atomic E-state index is -0.0940. The van der Waals surface area contributed by atoms with Crippen LogP contribution < -0.4 is 4.90 Å². The topological polar surface area (TPSA) is 3.24 Å². The lowest BCUT2D eigenvalue weighted by molar-refractivity contribution is 0.590. The van der Waals surface area contributed by atoms with Crippen molar-refractivity contribution in [2.24, 2.45) is 0 Å². The second-order valence-electron chi connectivity index (χ2n) is 17.8. The van der Waals surface area contributed by atoms with Crippen LogP contribution in [-0.4, -0.2) is 0 Å². The summed E-state index contributed by atoms with van der Waals surface area (Å²) in [5, 5.41) is 2.43. The zero-order valence-electron chi connectivity index (χ0n) is 35.1. The molecule has 1 aliphatic rings. The zero-order chi connectivity index (χ0) is 41.0. The smallest absolute Gasteiger partial charge is 0.0546 e. The molecule has 9 aromatic rings. The van der Waals surface area contributed by atoms with Gasteiger partial charge < -0.3 is 4.90 Å². The molecule has 0 spiro atoms. The van der Waals surface area contributed by atoms with Crippen LogP contribution in [0.3, 0.4) is 0 Å². The summed E-state index contributed by atoms with van der Waals surface area (Å²) in [6.45, 7) is 11.5. The summed E-state index contributed by atoms with van der Waals surface area (Å²) in [5.41, 5.74) is 19.6. The van der Waals surface area contributed by atoms with Crippen LogP contribution in [0.2, 0.25) is 0 Å². The Morgan fingerprint density at radius 3 is 1.67 bits per heavy atom. The summed E-state index contributed by atoms with van der Waals surface area (Å²) in [4.78, 5) is 2.52. The van der Waals surface area contributed by atoms with E-state index in [1.54, 1.807) is 0 Å². The van der Waals surface area contributed by atoms with Gasteiger partial charge in [0, 0.05) is 22.2 Å². The van der Waals surface area contributed by atoms with Crippen molar-refractivity contribution in [1.29, 1.82) is 0 Å². The van der Waals surface area contributed by atoms with E-state index in [0.717, 1.165) is 17.1 Å². The Hall–Kier alpha value is -6.96. The first-order valence-corrected chi connectivity index (χ1v) is 21.2. The molecule has 0 radical (unpaired) electrons. The first-order chi connectivity index (χ1) is 29.1. The lowest BCUT2D eigenvalue weighted by Crippen LogP contribution is -2.16. The lowest BCUT2D eigenvalue weighted by atomic mass is 9.82. The Morgan fingerprint density at radius 2 is 0.933 bits per heavy atom. The van der Waals surface area contributed by atoms with Gasteiger partial charge in [-0.1, -0.05) is 211 Å². The number of nitrogens with zero attached hydrogens (tertiary/aromatic N) is 1. The normalized spacial score (nSPS) is 12.9. The van der Waals surface area contributed by atoms with Crippen molar-refractivity contribution in [2.45, 2.75) is 45.4 Å². The molecule has 0 heterocycles. The van der Waals surface area contributed by atoms with E-state index in [4.69, 9.17) is 0 Å². The van der Waals surface area contributed by atoms with Crippen LogP contribution in [0.5, 0.6) is 0 Å². The molecule has 0 saturated heterocycles. The van der Waals surface area contributed by atoms with Crippen molar-refractivity contribution in [3.63, 3.8) is 0 Å². The molecule has 10 rings (SSSR count). The monoisotopic (exact) mass is 771 g/mol. The van der Waals surface area contributed by atoms with Crippen LogP contribution in [0.4, 0.5) is 17.1 Å². The van der Waals surface area contributed by atoms with E-state index in [-0.39, 0.29) is 10.8 Å². The van der Waals surface area contributed by atoms with E-state index in [1.165, 1.54) is 83.1 Å². The van der Waals surface area contributed by atoms with Gasteiger partial charge in [0.25, 0.3) is 0 Å². The highest BCUT2D eigenvalue weighted by Gasteiger charge is 2.36. The van der Waals surface area contributed by atoms with Crippen molar-refractivity contribution in [2.75, 3.05) is 4.90 Å². The molecule has 0 atom stereocenters. The molecular weight excluding hydrogens is 723 g/mol. The molecule has 9 aromatic carbocycles. The average molecular weight is 772 g/mol. The van der Waals surface area contributed by atoms with Gasteiger partial charge in [-0.3, -0.25) is 0 Å². The van der Waals surface area contributed by atoms with Crippen LogP contribution in [-0.2, 0) is 10.8 Å². The molecule has 0 aromatic heterocycles. The largest absolute Gasteiger partial charge is 0.309 e. The Labute approximate surface area is 355 Å². The summed E-state index contributed by atoms with van der Waals surface area (Å²) in [5.74, 6) is 0. The molecule has 1 aliphatic carbocycles. The molecule has 0 N–H and O–H groups in total. The molecule has 0 saturated carbocycles. The fraction of sp³-hybridized carbons (Fsp3) is 0.119. The second-order valence-corrected chi connectivity index (χ2v) is 17.8. The number of anilines is 3. The van der Waals surface area contributed by atoms with Gasteiger partial charge in [-0.15, -0.1) is 0 Å². The first-order valence-electron chi connectivity index (χ1n) is 21.2. The highest BCUT2D eigenvalue weighted by molar-refractivity contribution is 6.07. The van der Waals surface area contributed by atoms with Gasteiger partial charge in [0.05, 0.1) is 11.4 Å². The number of fused-ring (bicyclic) bond motifs is 4. The fourth-order valence-corrected chi connectivity index (χ4v) is 9.39. The van der Waals surface area contributed by atoms with E-state index in [0.29, 0.717) is 0 Å². The summed E-state index contributed by atoms with van der Waals surface area (Å²) >= 11 is 0. The van der Waals surface area contributed by atoms with Crippen molar-refractivity contribution >= 4 is 27.8 Å². The SMILES string of the molecule is CC(C)(C)c1ccc(-c2ccc(N(c3ccc4c(c3)-c3ccccc3C4(C)C)c3ccc4ccccc4c3-c3ccc(-c4ccccc4)cc3)c(-c3ccccc3)c2)cc1. The van der Waals surface area contributed by atoms with Crippen molar-refractivity contribution < 1.29 is 0 Å². The van der Waals surface area contributed by atoms with Crippen LogP contribution in [0.25, 0.3) is 66.4 Å². The third-order valence-electron chi connectivity index (χ3n) is 12.7. The standard InChI is InChI=1S/C59H49N/c1-58(2,3)47-32-28-42(29-33-47)46-31-36-55(51(38-46)43-18-10-7-11-19-43)60(48-34-35-54-52(39-48)50-22-14-15-23-53(50)59(54,4)5)56-37-30-44-20-12-13-21-49(44)57(56)45-26-24-41(25-27-45)40-16-8-6-9-17-40/h6-39H,1-5H3. The Kier molecular flexibility index (Phi) is 9.14. The number of hydrogen-bond donors (Lipinski definition) is 0. The Morgan fingerprint density at radius 1 is 0.383 bits per heavy atom. The number of benzene rings is 9. The third kappa shape index (κ3) is 6.52. The molecule has 0 fully saturated rings. The second kappa shape index (κ2) is 14.7. The minimum Gasteiger partial charge on any atom is -0.309 e. The van der Waals surface area contributed by atoms with E-state index in [9.17, 15) is 0 Å². The highest BCUT2D eigenvalue weighted by Crippen LogP contribution is 2.53. The van der Waals surface area contributed by atoms with Gasteiger partial charge in [0.1, 0.15) is 0 Å². The maximum Gasteiger partial charge on any atom is 0.0546 e. The summed E-state index contributed by atoms with van der Waals surface area (Å²) in [6.07, 6.45) is 0. The fourth-order valence-electron chi connectivity index (χ4n) is 9.39. The summed E-state index contributed by atoms with van der Waals surface area (Å²) < 4.78 is 0. The minimum absolute atomic E-state index is 0.0864. The van der Waals surface area contributed by atoms with E-state index in [1.807, 2.05) is 0 Å². The molecular formula is C59H49N. The van der Waals surface area contributed by atoms with E-state index < -0.39 is 0 Å². The van der Waals surface area contributed by atoms with Crippen LogP contribution in [0.1, 0.15) is 51.3 Å². The van der Waals surface area contributed by atoms with Gasteiger partial charge in [0.2, 0.25) is 0 Å².